The summed E-state index contributed by atoms with van der Waals surface area (Å²) < 4.78 is 5.29. The molecule has 0 aromatic carbocycles. The third-order valence-corrected chi connectivity index (χ3v) is 5.54. The van der Waals surface area contributed by atoms with Gasteiger partial charge in [-0.1, -0.05) is 19.0 Å². The molecule has 2 aliphatic rings. The van der Waals surface area contributed by atoms with Crippen LogP contribution in [-0.2, 0) is 17.8 Å². The molecule has 28 heavy (non-hydrogen) atoms. The Morgan fingerprint density at radius 3 is 2.82 bits per heavy atom. The van der Waals surface area contributed by atoms with Gasteiger partial charge in [0, 0.05) is 50.8 Å². The Kier molecular flexibility index (Phi) is 4.87. The van der Waals surface area contributed by atoms with Gasteiger partial charge in [-0.25, -0.2) is 9.97 Å². The van der Waals surface area contributed by atoms with Gasteiger partial charge in [0.25, 0.3) is 5.91 Å². The predicted octanol–water partition coefficient (Wildman–Crippen LogP) is 2.47. The maximum atomic E-state index is 13.0. The van der Waals surface area contributed by atoms with Gasteiger partial charge in [0.1, 0.15) is 0 Å². The summed E-state index contributed by atoms with van der Waals surface area (Å²) >= 11 is 0. The molecule has 0 radical (unpaired) electrons. The van der Waals surface area contributed by atoms with Crippen LogP contribution in [0, 0.1) is 0 Å². The maximum Gasteiger partial charge on any atom is 0.293 e. The van der Waals surface area contributed by atoms with Crippen LogP contribution in [0.5, 0.6) is 0 Å². The third kappa shape index (κ3) is 3.39. The minimum Gasteiger partial charge on any atom is -0.351 e. The summed E-state index contributed by atoms with van der Waals surface area (Å²) in [5.74, 6) is 1.05. The number of likely N-dealkylation sites (tertiary alicyclic amines) is 1. The maximum absolute atomic E-state index is 13.0. The minimum absolute atomic E-state index is 0.0649. The molecule has 0 saturated carbocycles. The van der Waals surface area contributed by atoms with Gasteiger partial charge in [0.05, 0.1) is 17.4 Å². The molecule has 8 nitrogen and oxygen atoms in total. The van der Waals surface area contributed by atoms with Gasteiger partial charge in [-0.2, -0.15) is 0 Å². The van der Waals surface area contributed by atoms with Gasteiger partial charge in [0.15, 0.2) is 5.82 Å². The average molecular weight is 383 g/mol. The van der Waals surface area contributed by atoms with Crippen LogP contribution in [0.1, 0.15) is 78.9 Å². The lowest BCUT2D eigenvalue weighted by molar-refractivity contribution is -0.129. The number of amides is 2. The van der Waals surface area contributed by atoms with E-state index in [1.165, 1.54) is 0 Å². The van der Waals surface area contributed by atoms with Gasteiger partial charge < -0.3 is 14.3 Å². The lowest BCUT2D eigenvalue weighted by Gasteiger charge is -2.28. The van der Waals surface area contributed by atoms with Crippen molar-refractivity contribution in [2.24, 2.45) is 0 Å². The molecular formula is C20H25N5O3. The summed E-state index contributed by atoms with van der Waals surface area (Å²) in [5.41, 5.74) is 2.74. The second-order valence-electron chi connectivity index (χ2n) is 7.82. The highest BCUT2D eigenvalue weighted by molar-refractivity contribution is 5.92. The smallest absolute Gasteiger partial charge is 0.293 e. The molecule has 4 rings (SSSR count). The summed E-state index contributed by atoms with van der Waals surface area (Å²) in [4.78, 5) is 37.5. The first-order valence-corrected chi connectivity index (χ1v) is 9.82. The number of aromatic nitrogens is 3. The lowest BCUT2D eigenvalue weighted by Crippen LogP contribution is -2.36. The molecule has 0 unspecified atom stereocenters. The fourth-order valence-electron chi connectivity index (χ4n) is 3.84. The van der Waals surface area contributed by atoms with Crippen LogP contribution < -0.4 is 0 Å². The van der Waals surface area contributed by atoms with E-state index in [4.69, 9.17) is 9.51 Å². The van der Waals surface area contributed by atoms with Crippen LogP contribution in [0.3, 0.4) is 0 Å². The standard InChI is InChI=1S/C20H25N5O3/c1-12(2)16-9-18(28-23-16)20(27)25-7-4-5-17(25)19-21-10-14-11-24(13(3)26)8-6-15(14)22-19/h9-10,12,17H,4-8,11H2,1-3H3/t17-/m1/s1. The number of fused-ring (bicyclic) bond motifs is 1. The number of nitrogens with zero attached hydrogens (tertiary/aromatic N) is 5. The van der Waals surface area contributed by atoms with E-state index in [1.807, 2.05) is 13.8 Å². The SMILES string of the molecule is CC(=O)N1CCc2nc([C@H]3CCCN3C(=O)c3cc(C(C)C)no3)ncc2C1. The first kappa shape index (κ1) is 18.6. The Morgan fingerprint density at radius 1 is 1.29 bits per heavy atom. The molecule has 2 aromatic heterocycles. The van der Waals surface area contributed by atoms with Crippen molar-refractivity contribution in [3.63, 3.8) is 0 Å². The van der Waals surface area contributed by atoms with E-state index in [2.05, 4.69) is 10.1 Å². The number of carbonyl (C=O) groups excluding carboxylic acids is 2. The van der Waals surface area contributed by atoms with Gasteiger partial charge in [-0.05, 0) is 18.8 Å². The minimum atomic E-state index is -0.161. The highest BCUT2D eigenvalue weighted by atomic mass is 16.5. The summed E-state index contributed by atoms with van der Waals surface area (Å²) in [6.07, 6.45) is 4.25. The Hall–Kier alpha value is -2.77. The van der Waals surface area contributed by atoms with E-state index in [9.17, 15) is 9.59 Å². The zero-order valence-corrected chi connectivity index (χ0v) is 16.5. The molecule has 0 N–H and O–H groups in total. The molecule has 1 atom stereocenters. The number of carbonyl (C=O) groups is 2. The van der Waals surface area contributed by atoms with Gasteiger partial charge in [-0.3, -0.25) is 9.59 Å². The zero-order valence-electron chi connectivity index (χ0n) is 16.5. The van der Waals surface area contributed by atoms with Crippen LogP contribution in [-0.4, -0.2) is 49.8 Å². The first-order chi connectivity index (χ1) is 13.4. The summed E-state index contributed by atoms with van der Waals surface area (Å²) in [6, 6.07) is 1.57. The van der Waals surface area contributed by atoms with Crippen molar-refractivity contribution in [3.8, 4) is 0 Å². The van der Waals surface area contributed by atoms with Crippen molar-refractivity contribution in [1.82, 2.24) is 24.9 Å². The highest BCUT2D eigenvalue weighted by Crippen LogP contribution is 2.32. The van der Waals surface area contributed by atoms with Crippen molar-refractivity contribution in [2.75, 3.05) is 13.1 Å². The van der Waals surface area contributed by atoms with Crippen molar-refractivity contribution >= 4 is 11.8 Å². The predicted molar refractivity (Wildman–Crippen MR) is 100 cm³/mol. The normalized spacial score (nSPS) is 19.2. The average Bonchev–Trinajstić information content (AvgIpc) is 3.36. The molecule has 1 saturated heterocycles. The molecule has 0 aliphatic carbocycles. The molecule has 8 heteroatoms. The van der Waals surface area contributed by atoms with E-state index in [-0.39, 0.29) is 29.5 Å². The van der Waals surface area contributed by atoms with E-state index in [0.29, 0.717) is 31.9 Å². The molecule has 2 aromatic rings. The zero-order chi connectivity index (χ0) is 19.8. The number of rotatable bonds is 3. The van der Waals surface area contributed by atoms with Crippen molar-refractivity contribution in [3.05, 3.63) is 40.8 Å². The fourth-order valence-corrected chi connectivity index (χ4v) is 3.84. The Labute approximate surface area is 163 Å². The van der Waals surface area contributed by atoms with Gasteiger partial charge in [-0.15, -0.1) is 0 Å². The Balaban J connectivity index is 1.55. The molecule has 4 heterocycles. The first-order valence-electron chi connectivity index (χ1n) is 9.82. The molecule has 148 valence electrons. The largest absolute Gasteiger partial charge is 0.351 e. The summed E-state index contributed by atoms with van der Waals surface area (Å²) in [6.45, 7) is 7.48. The van der Waals surface area contributed by atoms with Crippen LogP contribution in [0.15, 0.2) is 16.8 Å². The van der Waals surface area contributed by atoms with Gasteiger partial charge >= 0.3 is 0 Å². The van der Waals surface area contributed by atoms with E-state index >= 15 is 0 Å². The van der Waals surface area contributed by atoms with E-state index in [0.717, 1.165) is 29.8 Å². The lowest BCUT2D eigenvalue weighted by atomic mass is 10.1. The van der Waals surface area contributed by atoms with Crippen molar-refractivity contribution in [2.45, 2.75) is 58.5 Å². The fraction of sp³-hybridized carbons (Fsp3) is 0.550. The molecule has 1 fully saturated rings. The topological polar surface area (TPSA) is 92.4 Å². The molecule has 0 spiro atoms. The molecule has 2 amide bonds. The Morgan fingerprint density at radius 2 is 2.11 bits per heavy atom. The van der Waals surface area contributed by atoms with Crippen molar-refractivity contribution < 1.29 is 14.1 Å². The second-order valence-corrected chi connectivity index (χ2v) is 7.82. The van der Waals surface area contributed by atoms with Crippen LogP contribution in [0.2, 0.25) is 0 Å². The monoisotopic (exact) mass is 383 g/mol. The van der Waals surface area contributed by atoms with Crippen molar-refractivity contribution in [1.29, 1.82) is 0 Å². The Bertz CT molecular complexity index is 907. The van der Waals surface area contributed by atoms with E-state index < -0.39 is 0 Å². The second kappa shape index (κ2) is 7.33. The number of hydrogen-bond acceptors (Lipinski definition) is 6. The summed E-state index contributed by atoms with van der Waals surface area (Å²) in [7, 11) is 0. The van der Waals surface area contributed by atoms with Gasteiger partial charge in [0.2, 0.25) is 11.7 Å². The highest BCUT2D eigenvalue weighted by Gasteiger charge is 2.35. The number of hydrogen-bond donors (Lipinski definition) is 0. The molecular weight excluding hydrogens is 358 g/mol. The van der Waals surface area contributed by atoms with Crippen LogP contribution in [0.25, 0.3) is 0 Å². The van der Waals surface area contributed by atoms with Crippen LogP contribution in [0.4, 0.5) is 0 Å². The molecule has 2 aliphatic heterocycles. The third-order valence-electron chi connectivity index (χ3n) is 5.54. The van der Waals surface area contributed by atoms with Crippen LogP contribution >= 0.6 is 0 Å². The quantitative estimate of drug-likeness (QED) is 0.808. The van der Waals surface area contributed by atoms with E-state index in [1.54, 1.807) is 29.0 Å². The molecule has 0 bridgehead atoms. The summed E-state index contributed by atoms with van der Waals surface area (Å²) in [5, 5.41) is 4.00.